The maximum atomic E-state index is 5.14. The van der Waals surface area contributed by atoms with Crippen LogP contribution in [-0.4, -0.2) is 15.0 Å². The number of fused-ring (bicyclic) bond motifs is 6. The highest BCUT2D eigenvalue weighted by Crippen LogP contribution is 2.38. The van der Waals surface area contributed by atoms with Gasteiger partial charge in [0, 0.05) is 57.0 Å². The molecule has 0 saturated carbocycles. The summed E-state index contributed by atoms with van der Waals surface area (Å²) in [5, 5.41) is 5.01. The number of thiophene rings is 2. The lowest BCUT2D eigenvalue weighted by Gasteiger charge is -2.10. The Hall–Kier alpha value is -6.01. The first kappa shape index (κ1) is 29.0. The van der Waals surface area contributed by atoms with Crippen molar-refractivity contribution in [2.45, 2.75) is 0 Å². The molecule has 10 aromatic rings. The van der Waals surface area contributed by atoms with Crippen molar-refractivity contribution in [3.05, 3.63) is 164 Å². The van der Waals surface area contributed by atoms with Crippen LogP contribution in [0.25, 0.3) is 96.8 Å². The normalized spacial score (nSPS) is 11.6. The molecule has 0 N–H and O–H groups in total. The first-order valence-corrected chi connectivity index (χ1v) is 18.2. The summed E-state index contributed by atoms with van der Waals surface area (Å²) in [6, 6.07) is 58.0. The van der Waals surface area contributed by atoms with Crippen LogP contribution in [0.4, 0.5) is 0 Å². The van der Waals surface area contributed by atoms with Gasteiger partial charge in [0.1, 0.15) is 0 Å². The Bertz CT molecular complexity index is 2870. The van der Waals surface area contributed by atoms with Gasteiger partial charge in [-0.05, 0) is 64.7 Å². The Balaban J connectivity index is 1.11. The molecule has 0 atom stereocenters. The minimum atomic E-state index is 0.652. The van der Waals surface area contributed by atoms with Crippen LogP contribution in [-0.2, 0) is 0 Å². The van der Waals surface area contributed by atoms with E-state index in [9.17, 15) is 0 Å². The zero-order valence-corrected chi connectivity index (χ0v) is 28.4. The molecule has 0 radical (unpaired) electrons. The monoisotopic (exact) mass is 673 g/mol. The Morgan fingerprint density at radius 1 is 0.260 bits per heavy atom. The predicted octanol–water partition coefficient (Wildman–Crippen LogP) is 12.9. The van der Waals surface area contributed by atoms with Gasteiger partial charge in [-0.25, -0.2) is 15.0 Å². The van der Waals surface area contributed by atoms with Gasteiger partial charge in [-0.2, -0.15) is 0 Å². The zero-order valence-electron chi connectivity index (χ0n) is 26.7. The van der Waals surface area contributed by atoms with E-state index in [0.717, 1.165) is 27.8 Å². The van der Waals surface area contributed by atoms with E-state index in [2.05, 4.69) is 158 Å². The average molecular weight is 674 g/mol. The van der Waals surface area contributed by atoms with Gasteiger partial charge < -0.3 is 0 Å². The second-order valence-electron chi connectivity index (χ2n) is 12.4. The van der Waals surface area contributed by atoms with Crippen molar-refractivity contribution in [3.8, 4) is 56.4 Å². The molecule has 0 unspecified atom stereocenters. The number of nitrogens with zero attached hydrogens (tertiary/aromatic N) is 3. The van der Waals surface area contributed by atoms with Crippen LogP contribution in [0.3, 0.4) is 0 Å². The van der Waals surface area contributed by atoms with Crippen molar-refractivity contribution < 1.29 is 0 Å². The smallest absolute Gasteiger partial charge is 0.164 e. The Labute approximate surface area is 296 Å². The summed E-state index contributed by atoms with van der Waals surface area (Å²) in [5.74, 6) is 1.98. The maximum absolute atomic E-state index is 5.14. The third-order valence-electron chi connectivity index (χ3n) is 9.35. The van der Waals surface area contributed by atoms with E-state index in [-0.39, 0.29) is 0 Å². The molecule has 0 amide bonds. The van der Waals surface area contributed by atoms with Crippen LogP contribution >= 0.6 is 22.7 Å². The number of hydrogen-bond acceptors (Lipinski definition) is 5. The summed E-state index contributed by atoms with van der Waals surface area (Å²) in [7, 11) is 0. The van der Waals surface area contributed by atoms with E-state index in [4.69, 9.17) is 15.0 Å². The standard InChI is InChI=1S/C45H27N3S2/c1-2-9-28(10-3-1)29-17-19-30(20-18-29)31-11-8-12-32(25-31)43-46-44(33-22-24-41-38(26-33)36-14-5-7-16-40(36)49-41)48-45(47-43)34-21-23-37-35-13-4-6-15-39(35)50-42(37)27-34/h1-27H. The maximum Gasteiger partial charge on any atom is 0.164 e. The molecule has 7 aromatic carbocycles. The Kier molecular flexibility index (Phi) is 6.86. The molecule has 5 heteroatoms. The van der Waals surface area contributed by atoms with Crippen LogP contribution in [0.1, 0.15) is 0 Å². The van der Waals surface area contributed by atoms with Crippen molar-refractivity contribution in [2.75, 3.05) is 0 Å². The molecular formula is C45H27N3S2. The van der Waals surface area contributed by atoms with Crippen molar-refractivity contribution in [2.24, 2.45) is 0 Å². The van der Waals surface area contributed by atoms with Gasteiger partial charge in [0.25, 0.3) is 0 Å². The van der Waals surface area contributed by atoms with Crippen molar-refractivity contribution in [1.29, 1.82) is 0 Å². The summed E-state index contributed by atoms with van der Waals surface area (Å²) < 4.78 is 5.04. The number of aromatic nitrogens is 3. The SMILES string of the molecule is c1ccc(-c2ccc(-c3cccc(-c4nc(-c5ccc6c(c5)sc5ccccc56)nc(-c5ccc6sc7ccccc7c6c5)n4)c3)cc2)cc1. The van der Waals surface area contributed by atoms with E-state index in [1.807, 2.05) is 17.4 Å². The number of hydrogen-bond donors (Lipinski definition) is 0. The minimum absolute atomic E-state index is 0.652. The van der Waals surface area contributed by atoms with E-state index < -0.39 is 0 Å². The van der Waals surface area contributed by atoms with Crippen LogP contribution in [0.2, 0.25) is 0 Å². The fraction of sp³-hybridized carbons (Fsp3) is 0. The van der Waals surface area contributed by atoms with Gasteiger partial charge in [-0.15, -0.1) is 22.7 Å². The van der Waals surface area contributed by atoms with Gasteiger partial charge in [-0.1, -0.05) is 121 Å². The Morgan fingerprint density at radius 3 is 1.42 bits per heavy atom. The molecule has 3 aromatic heterocycles. The summed E-state index contributed by atoms with van der Waals surface area (Å²) in [5.41, 5.74) is 7.56. The van der Waals surface area contributed by atoms with Crippen molar-refractivity contribution in [3.63, 3.8) is 0 Å². The highest BCUT2D eigenvalue weighted by molar-refractivity contribution is 7.26. The summed E-state index contributed by atoms with van der Waals surface area (Å²) in [6.07, 6.45) is 0. The average Bonchev–Trinajstić information content (AvgIpc) is 3.76. The third kappa shape index (κ3) is 5.07. The molecule has 234 valence electrons. The second-order valence-corrected chi connectivity index (χ2v) is 14.6. The lowest BCUT2D eigenvalue weighted by molar-refractivity contribution is 1.08. The van der Waals surface area contributed by atoms with Crippen molar-refractivity contribution >= 4 is 63.0 Å². The fourth-order valence-electron chi connectivity index (χ4n) is 6.82. The molecule has 0 aliphatic rings. The quantitative estimate of drug-likeness (QED) is 0.182. The summed E-state index contributed by atoms with van der Waals surface area (Å²) >= 11 is 3.62. The van der Waals surface area contributed by atoms with E-state index in [0.29, 0.717) is 17.5 Å². The van der Waals surface area contributed by atoms with Crippen LogP contribution < -0.4 is 0 Å². The molecule has 0 aliphatic heterocycles. The third-order valence-corrected chi connectivity index (χ3v) is 11.6. The fourth-order valence-corrected chi connectivity index (χ4v) is 9.05. The molecule has 50 heavy (non-hydrogen) atoms. The minimum Gasteiger partial charge on any atom is -0.208 e. The van der Waals surface area contributed by atoms with Crippen LogP contribution in [0.5, 0.6) is 0 Å². The molecule has 0 aliphatic carbocycles. The molecule has 0 fully saturated rings. The first-order chi connectivity index (χ1) is 24.7. The highest BCUT2D eigenvalue weighted by Gasteiger charge is 2.16. The van der Waals surface area contributed by atoms with E-state index in [1.54, 1.807) is 11.3 Å². The van der Waals surface area contributed by atoms with Crippen LogP contribution in [0.15, 0.2) is 164 Å². The topological polar surface area (TPSA) is 38.7 Å². The summed E-state index contributed by atoms with van der Waals surface area (Å²) in [6.45, 7) is 0. The molecular weight excluding hydrogens is 647 g/mol. The van der Waals surface area contributed by atoms with Gasteiger partial charge in [-0.3, -0.25) is 0 Å². The second kappa shape index (κ2) is 11.8. The zero-order chi connectivity index (χ0) is 33.0. The number of benzene rings is 7. The first-order valence-electron chi connectivity index (χ1n) is 16.6. The molecule has 0 saturated heterocycles. The van der Waals surface area contributed by atoms with Gasteiger partial charge in [0.2, 0.25) is 0 Å². The molecule has 3 nitrogen and oxygen atoms in total. The Morgan fingerprint density at radius 2 is 0.700 bits per heavy atom. The van der Waals surface area contributed by atoms with Gasteiger partial charge in [0.15, 0.2) is 17.5 Å². The predicted molar refractivity (Wildman–Crippen MR) is 213 cm³/mol. The largest absolute Gasteiger partial charge is 0.208 e. The highest BCUT2D eigenvalue weighted by atomic mass is 32.1. The van der Waals surface area contributed by atoms with E-state index in [1.165, 1.54) is 51.5 Å². The van der Waals surface area contributed by atoms with Crippen molar-refractivity contribution in [1.82, 2.24) is 15.0 Å². The molecule has 0 bridgehead atoms. The molecule has 10 rings (SSSR count). The van der Waals surface area contributed by atoms with Crippen LogP contribution in [0, 0.1) is 0 Å². The lowest BCUT2D eigenvalue weighted by atomic mass is 9.99. The lowest BCUT2D eigenvalue weighted by Crippen LogP contribution is -2.00. The molecule has 0 spiro atoms. The van der Waals surface area contributed by atoms with Gasteiger partial charge in [0.05, 0.1) is 0 Å². The number of rotatable bonds is 5. The van der Waals surface area contributed by atoms with E-state index >= 15 is 0 Å². The van der Waals surface area contributed by atoms with Gasteiger partial charge >= 0.3 is 0 Å². The summed E-state index contributed by atoms with van der Waals surface area (Å²) in [4.78, 5) is 15.4. The molecule has 3 heterocycles.